The van der Waals surface area contributed by atoms with Gasteiger partial charge < -0.3 is 10.4 Å². The highest BCUT2D eigenvalue weighted by molar-refractivity contribution is 9.10. The SMILES string of the molecule is Cc1c(Br)cccc1NC(=O)C1CC(C(=O)O)C1. The van der Waals surface area contributed by atoms with E-state index in [1.54, 1.807) is 0 Å². The second-order valence-electron chi connectivity index (χ2n) is 4.61. The number of anilines is 1. The Kier molecular flexibility index (Phi) is 3.71. The Morgan fingerprint density at radius 1 is 1.33 bits per heavy atom. The number of benzene rings is 1. The number of hydrogen-bond acceptors (Lipinski definition) is 2. The Labute approximate surface area is 114 Å². The van der Waals surface area contributed by atoms with Crippen molar-refractivity contribution in [3.63, 3.8) is 0 Å². The van der Waals surface area contributed by atoms with Gasteiger partial charge in [0.1, 0.15) is 0 Å². The molecule has 0 spiro atoms. The summed E-state index contributed by atoms with van der Waals surface area (Å²) < 4.78 is 0.942. The number of aliphatic carboxylic acids is 1. The fraction of sp³-hybridized carbons (Fsp3) is 0.385. The molecule has 5 heteroatoms. The third kappa shape index (κ3) is 2.56. The van der Waals surface area contributed by atoms with Crippen LogP contribution >= 0.6 is 15.9 Å². The fourth-order valence-electron chi connectivity index (χ4n) is 2.01. The third-order valence-electron chi connectivity index (χ3n) is 3.38. The van der Waals surface area contributed by atoms with Crippen LogP contribution in [0.3, 0.4) is 0 Å². The van der Waals surface area contributed by atoms with Crippen molar-refractivity contribution in [3.05, 3.63) is 28.2 Å². The van der Waals surface area contributed by atoms with Crippen LogP contribution in [-0.4, -0.2) is 17.0 Å². The first-order valence-corrected chi connectivity index (χ1v) is 6.57. The van der Waals surface area contributed by atoms with Gasteiger partial charge >= 0.3 is 5.97 Å². The second-order valence-corrected chi connectivity index (χ2v) is 5.46. The monoisotopic (exact) mass is 311 g/mol. The molecule has 1 aliphatic rings. The smallest absolute Gasteiger partial charge is 0.306 e. The van der Waals surface area contributed by atoms with Crippen LogP contribution in [0.1, 0.15) is 18.4 Å². The lowest BCUT2D eigenvalue weighted by molar-refractivity contribution is -0.147. The van der Waals surface area contributed by atoms with Gasteiger partial charge in [-0.3, -0.25) is 9.59 Å². The summed E-state index contributed by atoms with van der Waals surface area (Å²) in [5, 5.41) is 11.6. The molecule has 0 aliphatic heterocycles. The van der Waals surface area contributed by atoms with Gasteiger partial charge in [0.25, 0.3) is 0 Å². The van der Waals surface area contributed by atoms with Crippen LogP contribution in [0.4, 0.5) is 5.69 Å². The van der Waals surface area contributed by atoms with E-state index in [1.165, 1.54) is 0 Å². The molecule has 1 saturated carbocycles. The second kappa shape index (κ2) is 5.10. The van der Waals surface area contributed by atoms with Crippen molar-refractivity contribution in [2.75, 3.05) is 5.32 Å². The molecule has 0 saturated heterocycles. The highest BCUT2D eigenvalue weighted by Gasteiger charge is 2.38. The Bertz CT molecular complexity index is 495. The third-order valence-corrected chi connectivity index (χ3v) is 4.24. The molecule has 1 aromatic rings. The van der Waals surface area contributed by atoms with Crippen molar-refractivity contribution in [1.29, 1.82) is 0 Å². The molecule has 0 aromatic heterocycles. The fourth-order valence-corrected chi connectivity index (χ4v) is 2.38. The summed E-state index contributed by atoms with van der Waals surface area (Å²) >= 11 is 3.40. The molecule has 1 aliphatic carbocycles. The van der Waals surface area contributed by atoms with Gasteiger partial charge in [-0.05, 0) is 37.5 Å². The average Bonchev–Trinajstić information content (AvgIpc) is 2.22. The Morgan fingerprint density at radius 3 is 2.61 bits per heavy atom. The van der Waals surface area contributed by atoms with Crippen molar-refractivity contribution >= 4 is 33.5 Å². The first-order chi connectivity index (χ1) is 8.49. The van der Waals surface area contributed by atoms with Crippen LogP contribution in [0, 0.1) is 18.8 Å². The standard InChI is InChI=1S/C13H14BrNO3/c1-7-10(14)3-2-4-11(7)15-12(16)8-5-9(6-8)13(17)18/h2-4,8-9H,5-6H2,1H3,(H,15,16)(H,17,18). The zero-order chi connectivity index (χ0) is 13.3. The lowest BCUT2D eigenvalue weighted by Gasteiger charge is -2.31. The van der Waals surface area contributed by atoms with E-state index in [2.05, 4.69) is 21.2 Å². The minimum absolute atomic E-state index is 0.0892. The van der Waals surface area contributed by atoms with Gasteiger partial charge in [-0.25, -0.2) is 0 Å². The zero-order valence-corrected chi connectivity index (χ0v) is 11.5. The van der Waals surface area contributed by atoms with E-state index in [1.807, 2.05) is 25.1 Å². The minimum atomic E-state index is -0.808. The van der Waals surface area contributed by atoms with Gasteiger partial charge in [0.2, 0.25) is 5.91 Å². The number of hydrogen-bond donors (Lipinski definition) is 2. The maximum absolute atomic E-state index is 11.9. The minimum Gasteiger partial charge on any atom is -0.481 e. The maximum Gasteiger partial charge on any atom is 0.306 e. The van der Waals surface area contributed by atoms with Crippen LogP contribution in [0.15, 0.2) is 22.7 Å². The number of carbonyl (C=O) groups excluding carboxylic acids is 1. The molecule has 18 heavy (non-hydrogen) atoms. The molecular weight excluding hydrogens is 298 g/mol. The van der Waals surface area contributed by atoms with Gasteiger partial charge in [-0.15, -0.1) is 0 Å². The Morgan fingerprint density at radius 2 is 2.00 bits per heavy atom. The number of carboxylic acids is 1. The molecule has 0 radical (unpaired) electrons. The van der Waals surface area contributed by atoms with E-state index in [0.717, 1.165) is 15.7 Å². The summed E-state index contributed by atoms with van der Waals surface area (Å²) in [4.78, 5) is 22.6. The van der Waals surface area contributed by atoms with Crippen LogP contribution < -0.4 is 5.32 Å². The van der Waals surface area contributed by atoms with E-state index in [4.69, 9.17) is 5.11 Å². The van der Waals surface area contributed by atoms with Crippen LogP contribution in [0.25, 0.3) is 0 Å². The predicted octanol–water partition coefficient (Wildman–Crippen LogP) is 2.81. The van der Waals surface area contributed by atoms with E-state index < -0.39 is 5.97 Å². The molecular formula is C13H14BrNO3. The molecule has 0 atom stereocenters. The molecule has 1 fully saturated rings. The van der Waals surface area contributed by atoms with E-state index in [-0.39, 0.29) is 17.7 Å². The van der Waals surface area contributed by atoms with Crippen molar-refractivity contribution in [3.8, 4) is 0 Å². The van der Waals surface area contributed by atoms with Crippen LogP contribution in [0.5, 0.6) is 0 Å². The molecule has 1 aromatic carbocycles. The van der Waals surface area contributed by atoms with E-state index in [9.17, 15) is 9.59 Å². The van der Waals surface area contributed by atoms with Gasteiger partial charge in [-0.1, -0.05) is 22.0 Å². The number of carboxylic acid groups (broad SMARTS) is 1. The van der Waals surface area contributed by atoms with Crippen molar-refractivity contribution in [2.24, 2.45) is 11.8 Å². The molecule has 1 amide bonds. The molecule has 0 bridgehead atoms. The molecule has 96 valence electrons. The first kappa shape index (κ1) is 13.1. The first-order valence-electron chi connectivity index (χ1n) is 5.78. The van der Waals surface area contributed by atoms with Gasteiger partial charge in [0, 0.05) is 16.1 Å². The molecule has 2 rings (SSSR count). The van der Waals surface area contributed by atoms with Crippen molar-refractivity contribution in [2.45, 2.75) is 19.8 Å². The van der Waals surface area contributed by atoms with Crippen LogP contribution in [-0.2, 0) is 9.59 Å². The summed E-state index contributed by atoms with van der Waals surface area (Å²) in [5.41, 5.74) is 1.74. The van der Waals surface area contributed by atoms with Gasteiger partial charge in [0.05, 0.1) is 5.92 Å². The summed E-state index contributed by atoms with van der Waals surface area (Å²) in [6.07, 6.45) is 0.877. The predicted molar refractivity (Wildman–Crippen MR) is 71.4 cm³/mol. The Balaban J connectivity index is 1.97. The number of carbonyl (C=O) groups is 2. The summed E-state index contributed by atoms with van der Waals surface area (Å²) in [7, 11) is 0. The highest BCUT2D eigenvalue weighted by Crippen LogP contribution is 2.35. The number of nitrogens with one attached hydrogen (secondary N) is 1. The molecule has 0 unspecified atom stereocenters. The number of rotatable bonds is 3. The van der Waals surface area contributed by atoms with E-state index >= 15 is 0 Å². The quantitative estimate of drug-likeness (QED) is 0.902. The highest BCUT2D eigenvalue weighted by atomic mass is 79.9. The maximum atomic E-state index is 11.9. The van der Waals surface area contributed by atoms with E-state index in [0.29, 0.717) is 12.8 Å². The molecule has 0 heterocycles. The topological polar surface area (TPSA) is 66.4 Å². The number of amides is 1. The van der Waals surface area contributed by atoms with Gasteiger partial charge in [-0.2, -0.15) is 0 Å². The summed E-state index contributed by atoms with van der Waals surface area (Å²) in [6, 6.07) is 5.60. The van der Waals surface area contributed by atoms with Crippen LogP contribution in [0.2, 0.25) is 0 Å². The number of halogens is 1. The average molecular weight is 312 g/mol. The normalized spacial score (nSPS) is 22.1. The van der Waals surface area contributed by atoms with Gasteiger partial charge in [0.15, 0.2) is 0 Å². The lowest BCUT2D eigenvalue weighted by Crippen LogP contribution is -2.38. The van der Waals surface area contributed by atoms with Crippen molar-refractivity contribution < 1.29 is 14.7 Å². The molecule has 4 nitrogen and oxygen atoms in total. The largest absolute Gasteiger partial charge is 0.481 e. The zero-order valence-electron chi connectivity index (χ0n) is 9.94. The summed E-state index contributed by atoms with van der Waals surface area (Å²) in [6.45, 7) is 1.92. The lowest BCUT2D eigenvalue weighted by atomic mass is 9.74. The van der Waals surface area contributed by atoms with Crippen molar-refractivity contribution in [1.82, 2.24) is 0 Å². The molecule has 2 N–H and O–H groups in total. The Hall–Kier alpha value is -1.36. The summed E-state index contributed by atoms with van der Waals surface area (Å²) in [5.74, 6) is -1.43.